The summed E-state index contributed by atoms with van der Waals surface area (Å²) >= 11 is 0. The second kappa shape index (κ2) is 4.05. The minimum atomic E-state index is -0.467. The van der Waals surface area contributed by atoms with Gasteiger partial charge >= 0.3 is 5.97 Å². The van der Waals surface area contributed by atoms with Crippen LogP contribution in [-0.2, 0) is 11.3 Å². The fourth-order valence-electron chi connectivity index (χ4n) is 2.16. The van der Waals surface area contributed by atoms with E-state index in [2.05, 4.69) is 16.6 Å². The van der Waals surface area contributed by atoms with E-state index >= 15 is 0 Å². The Kier molecular flexibility index (Phi) is 2.85. The van der Waals surface area contributed by atoms with Crippen LogP contribution < -0.4 is 5.73 Å². The molecule has 1 aliphatic rings. The van der Waals surface area contributed by atoms with Crippen molar-refractivity contribution in [2.24, 2.45) is 5.41 Å². The minimum Gasteiger partial charge on any atom is -0.464 e. The van der Waals surface area contributed by atoms with Gasteiger partial charge in [0, 0.05) is 6.54 Å². The van der Waals surface area contributed by atoms with Gasteiger partial charge in [-0.2, -0.15) is 0 Å². The molecule has 0 radical (unpaired) electrons. The molecule has 1 aromatic rings. The highest BCUT2D eigenvalue weighted by Crippen LogP contribution is 2.50. The number of ether oxygens (including phenoxy) is 1. The second-order valence-corrected chi connectivity index (χ2v) is 4.82. The number of carbonyl (C=O) groups is 1. The van der Waals surface area contributed by atoms with Crippen LogP contribution in [-0.4, -0.2) is 22.6 Å². The number of nitrogen functional groups attached to an aromatic ring is 1. The molecule has 5 heteroatoms. The summed E-state index contributed by atoms with van der Waals surface area (Å²) in [7, 11) is 1.34. The zero-order valence-corrected chi connectivity index (χ0v) is 10.6. The Hall–Kier alpha value is -1.52. The van der Waals surface area contributed by atoms with E-state index in [-0.39, 0.29) is 5.69 Å². The number of nitrogens with zero attached hydrogens (tertiary/aromatic N) is 2. The smallest absolute Gasteiger partial charge is 0.360 e. The highest BCUT2D eigenvalue weighted by atomic mass is 16.5. The van der Waals surface area contributed by atoms with Crippen molar-refractivity contribution in [3.05, 3.63) is 11.5 Å². The van der Waals surface area contributed by atoms with Gasteiger partial charge in [-0.3, -0.25) is 0 Å². The standard InChI is InChI=1S/C12H19N3O2/c1-4-12(5-6-12)7-15-8(2)14-9(10(15)13)11(16)17-3/h4-7,13H2,1-3H3. The lowest BCUT2D eigenvalue weighted by Crippen LogP contribution is -2.15. The third-order valence-corrected chi connectivity index (χ3v) is 3.78. The van der Waals surface area contributed by atoms with Crippen LogP contribution in [0.3, 0.4) is 0 Å². The van der Waals surface area contributed by atoms with E-state index in [1.165, 1.54) is 20.0 Å². The molecule has 0 saturated heterocycles. The van der Waals surface area contributed by atoms with Crippen molar-refractivity contribution in [3.63, 3.8) is 0 Å². The van der Waals surface area contributed by atoms with Crippen molar-refractivity contribution in [1.29, 1.82) is 0 Å². The first kappa shape index (κ1) is 12.0. The van der Waals surface area contributed by atoms with Gasteiger partial charge in [-0.15, -0.1) is 0 Å². The second-order valence-electron chi connectivity index (χ2n) is 4.82. The van der Waals surface area contributed by atoms with Gasteiger partial charge in [0.25, 0.3) is 0 Å². The van der Waals surface area contributed by atoms with E-state index in [1.54, 1.807) is 0 Å². The number of hydrogen-bond donors (Lipinski definition) is 1. The number of hydrogen-bond acceptors (Lipinski definition) is 4. The lowest BCUT2D eigenvalue weighted by molar-refractivity contribution is 0.0595. The van der Waals surface area contributed by atoms with E-state index in [4.69, 9.17) is 5.73 Å². The van der Waals surface area contributed by atoms with Gasteiger partial charge in [-0.05, 0) is 31.6 Å². The van der Waals surface area contributed by atoms with Crippen molar-refractivity contribution in [1.82, 2.24) is 9.55 Å². The SMILES string of the molecule is CCC1(Cn2c(C)nc(C(=O)OC)c2N)CC1. The van der Waals surface area contributed by atoms with Crippen LogP contribution in [0.5, 0.6) is 0 Å². The zero-order chi connectivity index (χ0) is 12.6. The summed E-state index contributed by atoms with van der Waals surface area (Å²) in [6.07, 6.45) is 3.60. The summed E-state index contributed by atoms with van der Waals surface area (Å²) in [5.74, 6) is 0.738. The number of aryl methyl sites for hydroxylation is 1. The molecule has 0 spiro atoms. The molecule has 0 atom stereocenters. The molecule has 1 saturated carbocycles. The monoisotopic (exact) mass is 237 g/mol. The lowest BCUT2D eigenvalue weighted by Gasteiger charge is -2.15. The van der Waals surface area contributed by atoms with Gasteiger partial charge in [0.15, 0.2) is 5.69 Å². The number of imidazole rings is 1. The summed E-state index contributed by atoms with van der Waals surface area (Å²) in [5.41, 5.74) is 6.57. The van der Waals surface area contributed by atoms with Crippen molar-refractivity contribution >= 4 is 11.8 Å². The number of carbonyl (C=O) groups excluding carboxylic acids is 1. The van der Waals surface area contributed by atoms with Gasteiger partial charge in [0.2, 0.25) is 0 Å². The molecule has 5 nitrogen and oxygen atoms in total. The molecule has 0 unspecified atom stereocenters. The third-order valence-electron chi connectivity index (χ3n) is 3.78. The van der Waals surface area contributed by atoms with Crippen LogP contribution in [0, 0.1) is 12.3 Å². The Balaban J connectivity index is 2.29. The maximum Gasteiger partial charge on any atom is 0.360 e. The first-order valence-corrected chi connectivity index (χ1v) is 5.94. The number of esters is 1. The number of aromatic nitrogens is 2. The maximum atomic E-state index is 11.5. The average Bonchev–Trinajstić information content (AvgIpc) is 3.06. The highest BCUT2D eigenvalue weighted by Gasteiger charge is 2.41. The van der Waals surface area contributed by atoms with Crippen molar-refractivity contribution in [2.45, 2.75) is 39.7 Å². The van der Waals surface area contributed by atoms with Gasteiger partial charge in [0.05, 0.1) is 7.11 Å². The molecule has 17 heavy (non-hydrogen) atoms. The van der Waals surface area contributed by atoms with E-state index in [0.29, 0.717) is 11.2 Å². The molecule has 0 aliphatic heterocycles. The van der Waals surface area contributed by atoms with Crippen molar-refractivity contribution < 1.29 is 9.53 Å². The Labute approximate surface area is 101 Å². The first-order valence-electron chi connectivity index (χ1n) is 5.94. The van der Waals surface area contributed by atoms with Crippen LogP contribution in [0.25, 0.3) is 0 Å². The van der Waals surface area contributed by atoms with Gasteiger partial charge in [-0.1, -0.05) is 6.92 Å². The highest BCUT2D eigenvalue weighted by molar-refractivity contribution is 5.92. The van der Waals surface area contributed by atoms with Crippen molar-refractivity contribution in [2.75, 3.05) is 12.8 Å². The van der Waals surface area contributed by atoms with E-state index < -0.39 is 5.97 Å². The molecule has 2 rings (SSSR count). The Morgan fingerprint density at radius 3 is 2.71 bits per heavy atom. The van der Waals surface area contributed by atoms with Crippen LogP contribution >= 0.6 is 0 Å². The Morgan fingerprint density at radius 2 is 2.24 bits per heavy atom. The molecule has 1 heterocycles. The van der Waals surface area contributed by atoms with E-state index in [1.807, 2.05) is 11.5 Å². The van der Waals surface area contributed by atoms with Gasteiger partial charge in [0.1, 0.15) is 11.6 Å². The number of nitrogens with two attached hydrogens (primary N) is 1. The molecule has 0 aromatic carbocycles. The fourth-order valence-corrected chi connectivity index (χ4v) is 2.16. The number of anilines is 1. The normalized spacial score (nSPS) is 16.9. The molecule has 94 valence electrons. The number of methoxy groups -OCH3 is 1. The molecular weight excluding hydrogens is 218 g/mol. The van der Waals surface area contributed by atoms with Crippen molar-refractivity contribution in [3.8, 4) is 0 Å². The molecule has 1 fully saturated rings. The van der Waals surface area contributed by atoms with Crippen LogP contribution in [0.2, 0.25) is 0 Å². The minimum absolute atomic E-state index is 0.233. The Morgan fingerprint density at radius 1 is 1.59 bits per heavy atom. The Bertz CT molecular complexity index is 447. The van der Waals surface area contributed by atoms with Crippen LogP contribution in [0.15, 0.2) is 0 Å². The van der Waals surface area contributed by atoms with Crippen LogP contribution in [0.1, 0.15) is 42.5 Å². The summed E-state index contributed by atoms with van der Waals surface area (Å²) < 4.78 is 6.60. The van der Waals surface area contributed by atoms with Gasteiger partial charge < -0.3 is 15.0 Å². The molecule has 1 aliphatic carbocycles. The lowest BCUT2D eigenvalue weighted by atomic mass is 10.0. The average molecular weight is 237 g/mol. The van der Waals surface area contributed by atoms with Gasteiger partial charge in [-0.25, -0.2) is 9.78 Å². The molecule has 1 aromatic heterocycles. The summed E-state index contributed by atoms with van der Waals surface area (Å²) in [4.78, 5) is 15.7. The predicted molar refractivity (Wildman–Crippen MR) is 64.7 cm³/mol. The molecule has 0 amide bonds. The summed E-state index contributed by atoms with van der Waals surface area (Å²) in [6, 6.07) is 0. The molecule has 0 bridgehead atoms. The summed E-state index contributed by atoms with van der Waals surface area (Å²) in [5, 5.41) is 0. The fraction of sp³-hybridized carbons (Fsp3) is 0.667. The predicted octanol–water partition coefficient (Wildman–Crippen LogP) is 1.75. The number of rotatable bonds is 4. The zero-order valence-electron chi connectivity index (χ0n) is 10.6. The topological polar surface area (TPSA) is 70.1 Å². The van der Waals surface area contributed by atoms with Crippen LogP contribution in [0.4, 0.5) is 5.82 Å². The largest absolute Gasteiger partial charge is 0.464 e. The third kappa shape index (κ3) is 2.01. The molecular formula is C12H19N3O2. The first-order chi connectivity index (χ1) is 8.03. The summed E-state index contributed by atoms with van der Waals surface area (Å²) in [6.45, 7) is 4.91. The van der Waals surface area contributed by atoms with E-state index in [0.717, 1.165) is 18.8 Å². The maximum absolute atomic E-state index is 11.5. The molecule has 2 N–H and O–H groups in total. The van der Waals surface area contributed by atoms with E-state index in [9.17, 15) is 4.79 Å². The quantitative estimate of drug-likeness (QED) is 0.810.